The second kappa shape index (κ2) is 7.75. The zero-order chi connectivity index (χ0) is 19.4. The van der Waals surface area contributed by atoms with Crippen molar-refractivity contribution >= 4 is 28.7 Å². The molecule has 27 heavy (non-hydrogen) atoms. The smallest absolute Gasteiger partial charge is 0.283 e. The minimum Gasteiger partial charge on any atom is -0.385 e. The summed E-state index contributed by atoms with van der Waals surface area (Å²) in [6, 6.07) is 18.9. The summed E-state index contributed by atoms with van der Waals surface area (Å²) < 4.78 is 0. The molecule has 0 bridgehead atoms. The molecule has 1 aliphatic heterocycles. The van der Waals surface area contributed by atoms with Crippen molar-refractivity contribution in [1.82, 2.24) is 4.90 Å². The Balaban J connectivity index is 2.09. The van der Waals surface area contributed by atoms with Crippen LogP contribution in [0.1, 0.15) is 12.5 Å². The van der Waals surface area contributed by atoms with Gasteiger partial charge in [-0.05, 0) is 36.8 Å². The van der Waals surface area contributed by atoms with Crippen molar-refractivity contribution in [3.63, 3.8) is 0 Å². The molecule has 2 aromatic rings. The number of amidine groups is 1. The molecule has 6 nitrogen and oxygen atoms in total. The second-order valence-corrected chi connectivity index (χ2v) is 6.24. The Morgan fingerprint density at radius 1 is 1.15 bits per heavy atom. The van der Waals surface area contributed by atoms with Crippen LogP contribution in [0.2, 0.25) is 0 Å². The van der Waals surface area contributed by atoms with Crippen LogP contribution < -0.4 is 10.3 Å². The van der Waals surface area contributed by atoms with E-state index >= 15 is 0 Å². The van der Waals surface area contributed by atoms with E-state index < -0.39 is 0 Å². The van der Waals surface area contributed by atoms with Crippen LogP contribution in [-0.2, 0) is 4.79 Å². The fourth-order valence-corrected chi connectivity index (χ4v) is 2.89. The number of hydrogen-bond donors (Lipinski definition) is 1. The van der Waals surface area contributed by atoms with Gasteiger partial charge in [0.1, 0.15) is 11.6 Å². The number of nitrogens with zero attached hydrogens (tertiary/aromatic N) is 4. The number of amides is 1. The Morgan fingerprint density at radius 2 is 1.81 bits per heavy atom. The molecule has 1 heterocycles. The average molecular weight is 359 g/mol. The predicted molar refractivity (Wildman–Crippen MR) is 108 cm³/mol. The lowest BCUT2D eigenvalue weighted by Gasteiger charge is -2.13. The number of rotatable bonds is 4. The molecule has 136 valence electrons. The molecular formula is C21H21N5O. The van der Waals surface area contributed by atoms with E-state index in [4.69, 9.17) is 0 Å². The number of benzene rings is 2. The minimum atomic E-state index is -0.308. The molecule has 0 spiro atoms. The number of allylic oxidation sites excluding steroid dienone is 1. The summed E-state index contributed by atoms with van der Waals surface area (Å²) in [6.45, 7) is 2.83. The van der Waals surface area contributed by atoms with Gasteiger partial charge in [-0.25, -0.2) is 0 Å². The first-order valence-electron chi connectivity index (χ1n) is 8.71. The number of anilines is 2. The summed E-state index contributed by atoms with van der Waals surface area (Å²) >= 11 is 0. The molecule has 0 unspecified atom stereocenters. The number of nitriles is 1. The minimum absolute atomic E-state index is 0.308. The van der Waals surface area contributed by atoms with E-state index in [0.717, 1.165) is 12.2 Å². The maximum atomic E-state index is 13.1. The molecule has 0 atom stereocenters. The van der Waals surface area contributed by atoms with Crippen molar-refractivity contribution in [2.75, 3.05) is 31.0 Å². The van der Waals surface area contributed by atoms with Gasteiger partial charge in [0, 0.05) is 26.3 Å². The molecule has 1 aliphatic rings. The summed E-state index contributed by atoms with van der Waals surface area (Å²) in [5.74, 6) is 0.161. The van der Waals surface area contributed by atoms with E-state index in [2.05, 4.69) is 16.5 Å². The van der Waals surface area contributed by atoms with Crippen molar-refractivity contribution in [2.24, 2.45) is 5.10 Å². The van der Waals surface area contributed by atoms with Gasteiger partial charge >= 0.3 is 0 Å². The van der Waals surface area contributed by atoms with Crippen LogP contribution in [0.15, 0.2) is 65.3 Å². The van der Waals surface area contributed by atoms with E-state index in [1.54, 1.807) is 4.90 Å². The normalized spacial score (nSPS) is 15.3. The Morgan fingerprint density at radius 3 is 2.37 bits per heavy atom. The average Bonchev–Trinajstić information content (AvgIpc) is 3.02. The molecule has 6 heteroatoms. The summed E-state index contributed by atoms with van der Waals surface area (Å²) in [7, 11) is 3.62. The van der Waals surface area contributed by atoms with Gasteiger partial charge in [-0.2, -0.15) is 10.3 Å². The first kappa shape index (κ1) is 18.2. The zero-order valence-electron chi connectivity index (χ0n) is 15.6. The lowest BCUT2D eigenvalue weighted by molar-refractivity contribution is -0.114. The lowest BCUT2D eigenvalue weighted by atomic mass is 9.99. The van der Waals surface area contributed by atoms with Crippen molar-refractivity contribution < 1.29 is 4.79 Å². The quantitative estimate of drug-likeness (QED) is 0.671. The van der Waals surface area contributed by atoms with Gasteiger partial charge in [-0.3, -0.25) is 4.79 Å². The Labute approximate surface area is 159 Å². The van der Waals surface area contributed by atoms with Gasteiger partial charge in [0.2, 0.25) is 0 Å². The fraction of sp³-hybridized carbons (Fsp3) is 0.190. The molecule has 0 saturated heterocycles. The Bertz CT molecular complexity index is 937. The number of carbonyl (C=O) groups excluding carboxylic acids is 1. The largest absolute Gasteiger partial charge is 0.385 e. The first-order valence-corrected chi connectivity index (χ1v) is 8.71. The van der Waals surface area contributed by atoms with Crippen LogP contribution in [0.25, 0.3) is 5.57 Å². The van der Waals surface area contributed by atoms with Crippen LogP contribution in [0.3, 0.4) is 0 Å². The summed E-state index contributed by atoms with van der Waals surface area (Å²) in [6.07, 6.45) is 0. The predicted octanol–water partition coefficient (Wildman–Crippen LogP) is 3.32. The highest BCUT2D eigenvalue weighted by atomic mass is 16.2. The van der Waals surface area contributed by atoms with Crippen molar-refractivity contribution in [3.8, 4) is 6.07 Å². The number of hydrogen-bond acceptors (Lipinski definition) is 5. The first-order chi connectivity index (χ1) is 13.1. The van der Waals surface area contributed by atoms with Crippen molar-refractivity contribution in [3.05, 3.63) is 65.7 Å². The number of likely N-dealkylation sites (N-methyl/N-ethyl adjacent to an activating group) is 1. The molecular weight excluding hydrogens is 338 g/mol. The summed E-state index contributed by atoms with van der Waals surface area (Å²) in [4.78, 5) is 14.9. The molecule has 0 saturated carbocycles. The third kappa shape index (κ3) is 3.53. The molecule has 1 N–H and O–H groups in total. The molecule has 1 amide bonds. The highest BCUT2D eigenvalue weighted by Crippen LogP contribution is 2.30. The van der Waals surface area contributed by atoms with Crippen molar-refractivity contribution in [1.29, 1.82) is 5.26 Å². The monoisotopic (exact) mass is 359 g/mol. The van der Waals surface area contributed by atoms with E-state index in [1.165, 1.54) is 5.01 Å². The third-order valence-corrected chi connectivity index (χ3v) is 4.17. The standard InChI is InChI=1S/C21H21N5O/c1-4-23-16-12-10-15(11-13-16)18(14-22)19-20(25(2)3)24-26(21(19)27)17-8-6-5-7-9-17/h5-13,23H,4H2,1-3H3. The molecule has 0 radical (unpaired) electrons. The summed E-state index contributed by atoms with van der Waals surface area (Å²) in [5, 5.41) is 18.8. The molecule has 3 rings (SSSR count). The zero-order valence-corrected chi connectivity index (χ0v) is 15.6. The lowest BCUT2D eigenvalue weighted by Crippen LogP contribution is -2.26. The molecule has 0 aromatic heterocycles. The van der Waals surface area contributed by atoms with E-state index in [0.29, 0.717) is 28.2 Å². The van der Waals surface area contributed by atoms with Gasteiger partial charge < -0.3 is 10.2 Å². The maximum Gasteiger partial charge on any atom is 0.283 e. The van der Waals surface area contributed by atoms with Gasteiger partial charge in [0.25, 0.3) is 5.91 Å². The highest BCUT2D eigenvalue weighted by Gasteiger charge is 2.35. The van der Waals surface area contributed by atoms with E-state index in [9.17, 15) is 10.1 Å². The molecule has 0 aliphatic carbocycles. The molecule has 0 fully saturated rings. The SMILES string of the molecule is CCNc1ccc(C(C#N)=C2C(=O)N(c3ccccc3)N=C2N(C)C)cc1. The number of para-hydroxylation sites is 1. The summed E-state index contributed by atoms with van der Waals surface area (Å²) in [5.41, 5.74) is 2.94. The van der Waals surface area contributed by atoms with Gasteiger partial charge in [-0.15, -0.1) is 5.10 Å². The Kier molecular flexibility index (Phi) is 5.23. The maximum absolute atomic E-state index is 13.1. The Hall–Kier alpha value is -3.59. The fourth-order valence-electron chi connectivity index (χ4n) is 2.89. The highest BCUT2D eigenvalue weighted by molar-refractivity contribution is 6.34. The molecule has 2 aromatic carbocycles. The second-order valence-electron chi connectivity index (χ2n) is 6.24. The number of carbonyl (C=O) groups is 1. The van der Waals surface area contributed by atoms with Crippen LogP contribution in [-0.4, -0.2) is 37.3 Å². The van der Waals surface area contributed by atoms with Crippen molar-refractivity contribution in [2.45, 2.75) is 6.92 Å². The van der Waals surface area contributed by atoms with Gasteiger partial charge in [-0.1, -0.05) is 30.3 Å². The van der Waals surface area contributed by atoms with E-state index in [1.807, 2.05) is 75.6 Å². The van der Waals surface area contributed by atoms with Gasteiger partial charge in [0.05, 0.1) is 11.3 Å². The van der Waals surface area contributed by atoms with Crippen LogP contribution in [0.5, 0.6) is 0 Å². The van der Waals surface area contributed by atoms with Crippen LogP contribution in [0.4, 0.5) is 11.4 Å². The third-order valence-electron chi connectivity index (χ3n) is 4.17. The van der Waals surface area contributed by atoms with Crippen LogP contribution in [0, 0.1) is 11.3 Å². The topological polar surface area (TPSA) is 71.7 Å². The van der Waals surface area contributed by atoms with Crippen LogP contribution >= 0.6 is 0 Å². The van der Waals surface area contributed by atoms with E-state index in [-0.39, 0.29) is 5.91 Å². The van der Waals surface area contributed by atoms with Gasteiger partial charge in [0.15, 0.2) is 5.84 Å². The number of hydrazone groups is 1. The number of nitrogens with one attached hydrogen (secondary N) is 1.